The van der Waals surface area contributed by atoms with Crippen LogP contribution in [0.1, 0.15) is 5.56 Å². The van der Waals surface area contributed by atoms with Gasteiger partial charge < -0.3 is 10.1 Å². The highest BCUT2D eigenvalue weighted by Gasteiger charge is 2.24. The number of rotatable bonds is 7. The third kappa shape index (κ3) is 4.54. The van der Waals surface area contributed by atoms with Crippen molar-refractivity contribution in [2.75, 3.05) is 11.9 Å². The van der Waals surface area contributed by atoms with E-state index in [1.807, 2.05) is 30.3 Å². The number of hydrogen-bond acceptors (Lipinski definition) is 6. The Balaban J connectivity index is 1.77. The average molecular weight is 415 g/mol. The van der Waals surface area contributed by atoms with Gasteiger partial charge in [-0.15, -0.1) is 0 Å². The van der Waals surface area contributed by atoms with Gasteiger partial charge in [-0.2, -0.15) is 4.98 Å². The first-order valence-electron chi connectivity index (χ1n) is 7.84. The zero-order valence-corrected chi connectivity index (χ0v) is 15.2. The lowest BCUT2D eigenvalue weighted by molar-refractivity contribution is -0.385. The maximum absolute atomic E-state index is 11.5. The Labute approximate surface area is 158 Å². The highest BCUT2D eigenvalue weighted by atomic mass is 79.9. The number of ether oxygens (including phenoxy) is 1. The van der Waals surface area contributed by atoms with Crippen LogP contribution in [-0.4, -0.2) is 21.4 Å². The molecule has 3 rings (SSSR count). The normalized spacial score (nSPS) is 10.3. The van der Waals surface area contributed by atoms with Crippen LogP contribution in [0.25, 0.3) is 0 Å². The van der Waals surface area contributed by atoms with Crippen molar-refractivity contribution < 1.29 is 9.66 Å². The lowest BCUT2D eigenvalue weighted by atomic mass is 10.1. The second kappa shape index (κ2) is 8.39. The van der Waals surface area contributed by atoms with E-state index in [-0.39, 0.29) is 17.4 Å². The second-order valence-electron chi connectivity index (χ2n) is 5.35. The molecule has 0 aliphatic rings. The monoisotopic (exact) mass is 414 g/mol. The molecule has 0 atom stereocenters. The van der Waals surface area contributed by atoms with Crippen molar-refractivity contribution in [3.63, 3.8) is 0 Å². The van der Waals surface area contributed by atoms with E-state index in [9.17, 15) is 10.1 Å². The van der Waals surface area contributed by atoms with Crippen LogP contribution in [0.4, 0.5) is 11.5 Å². The number of aromatic nitrogens is 2. The van der Waals surface area contributed by atoms with Crippen molar-refractivity contribution in [2.45, 2.75) is 6.42 Å². The van der Waals surface area contributed by atoms with Gasteiger partial charge in [0.15, 0.2) is 0 Å². The molecule has 26 heavy (non-hydrogen) atoms. The van der Waals surface area contributed by atoms with Gasteiger partial charge in [-0.25, -0.2) is 4.98 Å². The molecule has 0 amide bonds. The summed E-state index contributed by atoms with van der Waals surface area (Å²) in [7, 11) is 0. The van der Waals surface area contributed by atoms with Crippen LogP contribution in [0.15, 0.2) is 65.4 Å². The van der Waals surface area contributed by atoms with Crippen LogP contribution in [0.5, 0.6) is 11.6 Å². The summed E-state index contributed by atoms with van der Waals surface area (Å²) >= 11 is 3.33. The fourth-order valence-electron chi connectivity index (χ4n) is 2.32. The van der Waals surface area contributed by atoms with Crippen LogP contribution in [0.2, 0.25) is 0 Å². The van der Waals surface area contributed by atoms with Crippen molar-refractivity contribution >= 4 is 27.4 Å². The summed E-state index contributed by atoms with van der Waals surface area (Å²) in [5.74, 6) is 0.479. The predicted octanol–water partition coefficient (Wildman–Crippen LogP) is 4.59. The predicted molar refractivity (Wildman–Crippen MR) is 102 cm³/mol. The molecule has 3 aromatic rings. The van der Waals surface area contributed by atoms with E-state index in [1.165, 1.54) is 6.33 Å². The molecule has 0 saturated carbocycles. The van der Waals surface area contributed by atoms with E-state index in [1.54, 1.807) is 24.3 Å². The molecule has 0 radical (unpaired) electrons. The number of nitrogens with one attached hydrogen (secondary N) is 1. The molecular formula is C18H15BrN4O3. The zero-order valence-electron chi connectivity index (χ0n) is 13.6. The highest BCUT2D eigenvalue weighted by molar-refractivity contribution is 9.10. The molecule has 1 heterocycles. The van der Waals surface area contributed by atoms with Crippen LogP contribution in [0.3, 0.4) is 0 Å². The lowest BCUT2D eigenvalue weighted by Gasteiger charge is -2.09. The number of halogens is 1. The van der Waals surface area contributed by atoms with Crippen LogP contribution < -0.4 is 10.1 Å². The minimum absolute atomic E-state index is 0.102. The Morgan fingerprint density at radius 3 is 2.50 bits per heavy atom. The van der Waals surface area contributed by atoms with Crippen molar-refractivity contribution in [1.82, 2.24) is 9.97 Å². The van der Waals surface area contributed by atoms with Crippen LogP contribution >= 0.6 is 15.9 Å². The molecule has 0 spiro atoms. The molecule has 0 saturated heterocycles. The summed E-state index contributed by atoms with van der Waals surface area (Å²) in [6, 6.07) is 16.8. The Morgan fingerprint density at radius 2 is 1.81 bits per heavy atom. The van der Waals surface area contributed by atoms with E-state index < -0.39 is 4.92 Å². The summed E-state index contributed by atoms with van der Waals surface area (Å²) in [6.45, 7) is 0.500. The minimum atomic E-state index is -0.543. The third-order valence-electron chi connectivity index (χ3n) is 3.55. The Kier molecular flexibility index (Phi) is 5.75. The SMILES string of the molecule is O=[N+]([O-])c1c(NCCc2ccccc2)ncnc1Oc1ccc(Br)cc1. The molecule has 0 aliphatic carbocycles. The molecule has 2 aromatic carbocycles. The third-order valence-corrected chi connectivity index (χ3v) is 4.08. The van der Waals surface area contributed by atoms with E-state index in [4.69, 9.17) is 4.74 Å². The summed E-state index contributed by atoms with van der Waals surface area (Å²) in [5, 5.41) is 14.5. The molecule has 0 unspecified atom stereocenters. The molecule has 132 valence electrons. The standard InChI is InChI=1S/C18H15BrN4O3/c19-14-6-8-15(9-7-14)26-18-16(23(24)25)17(21-12-22-18)20-11-10-13-4-2-1-3-5-13/h1-9,12H,10-11H2,(H,20,21,22). The Bertz CT molecular complexity index is 889. The van der Waals surface area contributed by atoms with E-state index >= 15 is 0 Å². The minimum Gasteiger partial charge on any atom is -0.434 e. The highest BCUT2D eigenvalue weighted by Crippen LogP contribution is 2.34. The average Bonchev–Trinajstić information content (AvgIpc) is 2.64. The second-order valence-corrected chi connectivity index (χ2v) is 6.27. The quantitative estimate of drug-likeness (QED) is 0.448. The van der Waals surface area contributed by atoms with Gasteiger partial charge in [-0.3, -0.25) is 10.1 Å². The summed E-state index contributed by atoms with van der Waals surface area (Å²) in [6.07, 6.45) is 1.96. The van der Waals surface area contributed by atoms with Crippen molar-refractivity contribution in [3.05, 3.63) is 81.1 Å². The number of hydrogen-bond donors (Lipinski definition) is 1. The molecule has 1 N–H and O–H groups in total. The maximum Gasteiger partial charge on any atom is 0.373 e. The van der Waals surface area contributed by atoms with E-state index in [0.29, 0.717) is 18.7 Å². The molecule has 0 bridgehead atoms. The molecule has 0 aliphatic heterocycles. The van der Waals surface area contributed by atoms with E-state index in [2.05, 4.69) is 31.2 Å². The van der Waals surface area contributed by atoms with E-state index in [0.717, 1.165) is 10.0 Å². The molecule has 8 heteroatoms. The van der Waals surface area contributed by atoms with Gasteiger partial charge in [0.1, 0.15) is 12.1 Å². The molecule has 1 aromatic heterocycles. The van der Waals surface area contributed by atoms with Crippen LogP contribution in [-0.2, 0) is 6.42 Å². The molecular weight excluding hydrogens is 400 g/mol. The topological polar surface area (TPSA) is 90.2 Å². The van der Waals surface area contributed by atoms with Gasteiger partial charge in [0, 0.05) is 11.0 Å². The van der Waals surface area contributed by atoms with Gasteiger partial charge in [0.05, 0.1) is 4.92 Å². The number of anilines is 1. The lowest BCUT2D eigenvalue weighted by Crippen LogP contribution is -2.10. The van der Waals surface area contributed by atoms with Gasteiger partial charge in [-0.05, 0) is 36.2 Å². The maximum atomic E-state index is 11.5. The molecule has 7 nitrogen and oxygen atoms in total. The first-order valence-corrected chi connectivity index (χ1v) is 8.63. The smallest absolute Gasteiger partial charge is 0.373 e. The number of benzene rings is 2. The Hall–Kier alpha value is -3.00. The summed E-state index contributed by atoms with van der Waals surface area (Å²) in [5.41, 5.74) is 0.839. The first-order chi connectivity index (χ1) is 12.6. The van der Waals surface area contributed by atoms with Crippen molar-refractivity contribution in [2.24, 2.45) is 0 Å². The number of nitro groups is 1. The van der Waals surface area contributed by atoms with Crippen molar-refractivity contribution in [1.29, 1.82) is 0 Å². The van der Waals surface area contributed by atoms with Crippen LogP contribution in [0, 0.1) is 10.1 Å². The van der Waals surface area contributed by atoms with Gasteiger partial charge in [0.25, 0.3) is 0 Å². The molecule has 0 fully saturated rings. The largest absolute Gasteiger partial charge is 0.434 e. The van der Waals surface area contributed by atoms with Gasteiger partial charge in [0.2, 0.25) is 5.82 Å². The Morgan fingerprint density at radius 1 is 1.08 bits per heavy atom. The summed E-state index contributed by atoms with van der Waals surface area (Å²) < 4.78 is 6.46. The number of nitrogens with zero attached hydrogens (tertiary/aromatic N) is 3. The fraction of sp³-hybridized carbons (Fsp3) is 0.111. The summed E-state index contributed by atoms with van der Waals surface area (Å²) in [4.78, 5) is 18.9. The van der Waals surface area contributed by atoms with Gasteiger partial charge >= 0.3 is 11.6 Å². The van der Waals surface area contributed by atoms with Crippen molar-refractivity contribution in [3.8, 4) is 11.6 Å². The first kappa shape index (κ1) is 17.8. The fourth-order valence-corrected chi connectivity index (χ4v) is 2.58. The van der Waals surface area contributed by atoms with Gasteiger partial charge in [-0.1, -0.05) is 46.3 Å². The zero-order chi connectivity index (χ0) is 18.4.